The molecule has 6 heteroatoms. The lowest BCUT2D eigenvalue weighted by Crippen LogP contribution is -2.47. The molecule has 2 unspecified atom stereocenters. The Labute approximate surface area is 111 Å². The molecule has 1 N–H and O–H groups in total. The predicted octanol–water partition coefficient (Wildman–Crippen LogP) is -0.128. The Bertz CT molecular complexity index is 349. The van der Waals surface area contributed by atoms with Crippen molar-refractivity contribution < 1.29 is 9.59 Å². The molecule has 3 fully saturated rings. The monoisotopic (exact) mass is 269 g/mol. The Hall–Kier alpha value is -0.750. The average molecular weight is 269 g/mol. The van der Waals surface area contributed by atoms with Crippen LogP contribution in [0.1, 0.15) is 19.3 Å². The van der Waals surface area contributed by atoms with Crippen molar-refractivity contribution in [3.8, 4) is 0 Å². The van der Waals surface area contributed by atoms with Gasteiger partial charge in [0.2, 0.25) is 11.8 Å². The van der Waals surface area contributed by atoms with Crippen molar-refractivity contribution in [2.24, 2.45) is 0 Å². The number of thioether (sulfide) groups is 1. The van der Waals surface area contributed by atoms with Crippen LogP contribution in [0, 0.1) is 0 Å². The summed E-state index contributed by atoms with van der Waals surface area (Å²) in [7, 11) is 0. The third-order valence-corrected chi connectivity index (χ3v) is 5.04. The van der Waals surface area contributed by atoms with Gasteiger partial charge in [0.25, 0.3) is 0 Å². The minimum absolute atomic E-state index is 0.105. The van der Waals surface area contributed by atoms with Crippen LogP contribution in [0.25, 0.3) is 0 Å². The standard InChI is InChI=1S/C12H19N3O2S/c16-11(6-14-8-18-7-12(14)17)15-9-1-2-10(15)5-13-4-3-9/h9-10,13H,1-8H2. The highest BCUT2D eigenvalue weighted by atomic mass is 32.2. The SMILES string of the molecule is O=C1CSCN1CC(=O)N1C2CCNCC1CC2. The largest absolute Gasteiger partial charge is 0.334 e. The van der Waals surface area contributed by atoms with Gasteiger partial charge in [0.05, 0.1) is 11.6 Å². The second kappa shape index (κ2) is 5.09. The minimum Gasteiger partial charge on any atom is -0.334 e. The van der Waals surface area contributed by atoms with E-state index in [1.165, 1.54) is 0 Å². The smallest absolute Gasteiger partial charge is 0.242 e. The fourth-order valence-electron chi connectivity index (χ4n) is 3.17. The van der Waals surface area contributed by atoms with E-state index in [1.54, 1.807) is 16.7 Å². The lowest BCUT2D eigenvalue weighted by Gasteiger charge is -2.29. The van der Waals surface area contributed by atoms with E-state index in [9.17, 15) is 9.59 Å². The fraction of sp³-hybridized carbons (Fsp3) is 0.833. The summed E-state index contributed by atoms with van der Waals surface area (Å²) in [5, 5.41) is 3.39. The second-order valence-electron chi connectivity index (χ2n) is 5.25. The van der Waals surface area contributed by atoms with Crippen molar-refractivity contribution in [2.75, 3.05) is 31.3 Å². The van der Waals surface area contributed by atoms with Crippen LogP contribution in [0.3, 0.4) is 0 Å². The normalized spacial score (nSPS) is 31.9. The number of amides is 2. The quantitative estimate of drug-likeness (QED) is 0.759. The molecule has 3 rings (SSSR count). The van der Waals surface area contributed by atoms with Crippen LogP contribution in [-0.4, -0.2) is 65.0 Å². The van der Waals surface area contributed by atoms with Crippen LogP contribution in [0.2, 0.25) is 0 Å². The number of hydrogen-bond acceptors (Lipinski definition) is 4. The molecule has 100 valence electrons. The molecule has 3 heterocycles. The maximum Gasteiger partial charge on any atom is 0.242 e. The first-order valence-electron chi connectivity index (χ1n) is 6.63. The molecule has 0 aromatic rings. The fourth-order valence-corrected chi connectivity index (χ4v) is 4.08. The zero-order chi connectivity index (χ0) is 12.5. The van der Waals surface area contributed by atoms with Gasteiger partial charge in [-0.2, -0.15) is 0 Å². The van der Waals surface area contributed by atoms with E-state index >= 15 is 0 Å². The molecule has 0 aromatic carbocycles. The summed E-state index contributed by atoms with van der Waals surface area (Å²) in [6.45, 7) is 2.19. The molecule has 0 aliphatic carbocycles. The lowest BCUT2D eigenvalue weighted by atomic mass is 10.1. The number of carbonyl (C=O) groups is 2. The van der Waals surface area contributed by atoms with Gasteiger partial charge in [-0.1, -0.05) is 0 Å². The molecular weight excluding hydrogens is 250 g/mol. The van der Waals surface area contributed by atoms with Crippen molar-refractivity contribution in [3.63, 3.8) is 0 Å². The van der Waals surface area contributed by atoms with Crippen molar-refractivity contribution in [3.05, 3.63) is 0 Å². The molecule has 0 spiro atoms. The number of nitrogens with zero attached hydrogens (tertiary/aromatic N) is 2. The van der Waals surface area contributed by atoms with E-state index in [2.05, 4.69) is 10.2 Å². The summed E-state index contributed by atoms with van der Waals surface area (Å²) in [4.78, 5) is 27.7. The Kier molecular flexibility index (Phi) is 3.48. The van der Waals surface area contributed by atoms with Gasteiger partial charge in [0.15, 0.2) is 0 Å². The summed E-state index contributed by atoms with van der Waals surface area (Å²) in [5.41, 5.74) is 0. The summed E-state index contributed by atoms with van der Waals surface area (Å²) in [5.74, 6) is 1.45. The number of fused-ring (bicyclic) bond motifs is 2. The summed E-state index contributed by atoms with van der Waals surface area (Å²) in [6, 6.07) is 0.734. The molecule has 5 nitrogen and oxygen atoms in total. The van der Waals surface area contributed by atoms with Crippen molar-refractivity contribution >= 4 is 23.6 Å². The van der Waals surface area contributed by atoms with E-state index in [1.807, 2.05) is 0 Å². The minimum atomic E-state index is 0.105. The lowest BCUT2D eigenvalue weighted by molar-refractivity contribution is -0.139. The number of hydrogen-bond donors (Lipinski definition) is 1. The molecule has 0 saturated carbocycles. The Morgan fingerprint density at radius 1 is 1.33 bits per heavy atom. The second-order valence-corrected chi connectivity index (χ2v) is 6.20. The van der Waals surface area contributed by atoms with Crippen LogP contribution < -0.4 is 5.32 Å². The molecule has 2 atom stereocenters. The van der Waals surface area contributed by atoms with Gasteiger partial charge >= 0.3 is 0 Å². The maximum atomic E-state index is 12.4. The maximum absolute atomic E-state index is 12.4. The highest BCUT2D eigenvalue weighted by molar-refractivity contribution is 8.00. The number of carbonyl (C=O) groups excluding carboxylic acids is 2. The average Bonchev–Trinajstić information content (AvgIpc) is 2.82. The molecule has 3 saturated heterocycles. The first-order chi connectivity index (χ1) is 8.75. The van der Waals surface area contributed by atoms with E-state index < -0.39 is 0 Å². The molecule has 18 heavy (non-hydrogen) atoms. The highest BCUT2D eigenvalue weighted by Crippen LogP contribution is 2.28. The van der Waals surface area contributed by atoms with Gasteiger partial charge in [-0.05, 0) is 25.8 Å². The first-order valence-corrected chi connectivity index (χ1v) is 7.78. The molecule has 3 aliphatic heterocycles. The van der Waals surface area contributed by atoms with Crippen LogP contribution in [-0.2, 0) is 9.59 Å². The third-order valence-electron chi connectivity index (χ3n) is 4.09. The Morgan fingerprint density at radius 3 is 2.94 bits per heavy atom. The third kappa shape index (κ3) is 2.23. The number of rotatable bonds is 2. The zero-order valence-electron chi connectivity index (χ0n) is 10.4. The molecule has 3 aliphatic rings. The van der Waals surface area contributed by atoms with Gasteiger partial charge in [0, 0.05) is 18.6 Å². The molecule has 0 aromatic heterocycles. The molecular formula is C12H19N3O2S. The Morgan fingerprint density at radius 2 is 2.17 bits per heavy atom. The van der Waals surface area contributed by atoms with Gasteiger partial charge in [-0.15, -0.1) is 11.8 Å². The van der Waals surface area contributed by atoms with Crippen molar-refractivity contribution in [1.82, 2.24) is 15.1 Å². The van der Waals surface area contributed by atoms with Gasteiger partial charge < -0.3 is 15.1 Å². The van der Waals surface area contributed by atoms with E-state index in [0.29, 0.717) is 23.7 Å². The number of nitrogens with one attached hydrogen (secondary N) is 1. The van der Waals surface area contributed by atoms with Crippen LogP contribution in [0.4, 0.5) is 0 Å². The van der Waals surface area contributed by atoms with Crippen LogP contribution >= 0.6 is 11.8 Å². The first kappa shape index (κ1) is 12.3. The van der Waals surface area contributed by atoms with E-state index in [4.69, 9.17) is 0 Å². The van der Waals surface area contributed by atoms with Crippen LogP contribution in [0.15, 0.2) is 0 Å². The Balaban J connectivity index is 1.66. The van der Waals surface area contributed by atoms with Gasteiger partial charge in [-0.3, -0.25) is 9.59 Å². The summed E-state index contributed by atoms with van der Waals surface area (Å²) < 4.78 is 0. The van der Waals surface area contributed by atoms with E-state index in [0.717, 1.165) is 32.4 Å². The van der Waals surface area contributed by atoms with Crippen molar-refractivity contribution in [2.45, 2.75) is 31.3 Å². The summed E-state index contributed by atoms with van der Waals surface area (Å²) in [6.07, 6.45) is 3.28. The van der Waals surface area contributed by atoms with Crippen molar-refractivity contribution in [1.29, 1.82) is 0 Å². The van der Waals surface area contributed by atoms with E-state index in [-0.39, 0.29) is 18.4 Å². The molecule has 2 amide bonds. The van der Waals surface area contributed by atoms with Gasteiger partial charge in [0.1, 0.15) is 6.54 Å². The van der Waals surface area contributed by atoms with Gasteiger partial charge in [-0.25, -0.2) is 0 Å². The molecule has 0 radical (unpaired) electrons. The van der Waals surface area contributed by atoms with Crippen LogP contribution in [0.5, 0.6) is 0 Å². The molecule has 2 bridgehead atoms. The zero-order valence-corrected chi connectivity index (χ0v) is 11.2. The topological polar surface area (TPSA) is 52.7 Å². The summed E-state index contributed by atoms with van der Waals surface area (Å²) >= 11 is 1.59. The highest BCUT2D eigenvalue weighted by Gasteiger charge is 2.38. The predicted molar refractivity (Wildman–Crippen MR) is 70.2 cm³/mol.